The topological polar surface area (TPSA) is 78.4 Å². The molecule has 0 aliphatic heterocycles. The number of carbonyl (C=O) groups is 2. The summed E-state index contributed by atoms with van der Waals surface area (Å²) in [5.74, 6) is -1.12. The minimum Gasteiger partial charge on any atom is -0.481 e. The first-order valence-electron chi connectivity index (χ1n) is 7.23. The molecule has 0 spiro atoms. The first-order valence-corrected chi connectivity index (χ1v) is 7.23. The molecule has 5 nitrogen and oxygen atoms in total. The standard InChI is InChI=1S/C14H26N2O3/c1-3-14(7-5-8-14)10-16-13(19)15-9-4-6-11(2)12(17)18/h11H,3-10H2,1-2H3,(H,17,18)(H2,15,16,19). The third-order valence-electron chi connectivity index (χ3n) is 4.31. The fourth-order valence-corrected chi connectivity index (χ4v) is 2.40. The molecule has 0 radical (unpaired) electrons. The van der Waals surface area contributed by atoms with Gasteiger partial charge in [-0.05, 0) is 37.5 Å². The van der Waals surface area contributed by atoms with Gasteiger partial charge in [0.15, 0.2) is 0 Å². The Hall–Kier alpha value is -1.26. The van der Waals surface area contributed by atoms with Crippen molar-refractivity contribution in [3.63, 3.8) is 0 Å². The fraction of sp³-hybridized carbons (Fsp3) is 0.857. The van der Waals surface area contributed by atoms with Crippen molar-refractivity contribution in [2.24, 2.45) is 11.3 Å². The van der Waals surface area contributed by atoms with Crippen LogP contribution in [0.25, 0.3) is 0 Å². The Morgan fingerprint density at radius 2 is 2.00 bits per heavy atom. The van der Waals surface area contributed by atoms with Crippen molar-refractivity contribution in [1.29, 1.82) is 0 Å². The lowest BCUT2D eigenvalue weighted by atomic mass is 9.67. The maximum atomic E-state index is 11.6. The zero-order valence-corrected chi connectivity index (χ0v) is 12.0. The van der Waals surface area contributed by atoms with Crippen LogP contribution in [0.4, 0.5) is 4.79 Å². The fourth-order valence-electron chi connectivity index (χ4n) is 2.40. The van der Waals surface area contributed by atoms with Crippen LogP contribution in [-0.2, 0) is 4.79 Å². The minimum atomic E-state index is -0.778. The van der Waals surface area contributed by atoms with Gasteiger partial charge in [0, 0.05) is 13.1 Å². The maximum absolute atomic E-state index is 11.6. The average molecular weight is 270 g/mol. The number of aliphatic carboxylic acids is 1. The highest BCUT2D eigenvalue weighted by atomic mass is 16.4. The Balaban J connectivity index is 2.06. The molecule has 1 atom stereocenters. The van der Waals surface area contributed by atoms with Gasteiger partial charge in [-0.25, -0.2) is 4.79 Å². The lowest BCUT2D eigenvalue weighted by molar-refractivity contribution is -0.141. The smallest absolute Gasteiger partial charge is 0.314 e. The second-order valence-corrected chi connectivity index (χ2v) is 5.70. The van der Waals surface area contributed by atoms with E-state index in [0.717, 1.165) is 13.0 Å². The van der Waals surface area contributed by atoms with Crippen LogP contribution >= 0.6 is 0 Å². The molecular weight excluding hydrogens is 244 g/mol. The number of carbonyl (C=O) groups excluding carboxylic acids is 1. The third-order valence-corrected chi connectivity index (χ3v) is 4.31. The number of hydrogen-bond acceptors (Lipinski definition) is 2. The summed E-state index contributed by atoms with van der Waals surface area (Å²) in [5.41, 5.74) is 0.329. The van der Waals surface area contributed by atoms with E-state index in [9.17, 15) is 9.59 Å². The van der Waals surface area contributed by atoms with Crippen molar-refractivity contribution in [2.75, 3.05) is 13.1 Å². The molecule has 3 N–H and O–H groups in total. The predicted molar refractivity (Wildman–Crippen MR) is 74.0 cm³/mol. The molecule has 0 aromatic rings. The monoisotopic (exact) mass is 270 g/mol. The van der Waals surface area contributed by atoms with Crippen molar-refractivity contribution in [2.45, 2.75) is 52.4 Å². The van der Waals surface area contributed by atoms with Crippen LogP contribution in [0.15, 0.2) is 0 Å². The third kappa shape index (κ3) is 5.09. The number of amides is 2. The predicted octanol–water partition coefficient (Wildman–Crippen LogP) is 2.37. The van der Waals surface area contributed by atoms with Gasteiger partial charge in [0.1, 0.15) is 0 Å². The van der Waals surface area contributed by atoms with Crippen LogP contribution in [0.2, 0.25) is 0 Å². The van der Waals surface area contributed by atoms with Gasteiger partial charge in [0.05, 0.1) is 5.92 Å². The number of carboxylic acids is 1. The summed E-state index contributed by atoms with van der Waals surface area (Å²) < 4.78 is 0. The molecule has 1 aliphatic carbocycles. The number of rotatable bonds is 8. The van der Waals surface area contributed by atoms with E-state index in [-0.39, 0.29) is 11.9 Å². The molecule has 110 valence electrons. The summed E-state index contributed by atoms with van der Waals surface area (Å²) in [5, 5.41) is 14.4. The first-order chi connectivity index (χ1) is 8.99. The lowest BCUT2D eigenvalue weighted by Gasteiger charge is -2.41. The molecule has 0 aromatic carbocycles. The summed E-state index contributed by atoms with van der Waals surface area (Å²) >= 11 is 0. The highest BCUT2D eigenvalue weighted by Crippen LogP contribution is 2.42. The van der Waals surface area contributed by atoms with Gasteiger partial charge in [-0.2, -0.15) is 0 Å². The summed E-state index contributed by atoms with van der Waals surface area (Å²) in [6.07, 6.45) is 6.09. The Labute approximate surface area is 115 Å². The summed E-state index contributed by atoms with van der Waals surface area (Å²) in [4.78, 5) is 22.2. The highest BCUT2D eigenvalue weighted by Gasteiger charge is 2.35. The van der Waals surface area contributed by atoms with Crippen LogP contribution < -0.4 is 10.6 Å². The minimum absolute atomic E-state index is 0.136. The molecule has 2 amide bonds. The van der Waals surface area contributed by atoms with Crippen LogP contribution in [0.1, 0.15) is 52.4 Å². The van der Waals surface area contributed by atoms with E-state index in [1.807, 2.05) is 0 Å². The Morgan fingerprint density at radius 1 is 1.32 bits per heavy atom. The molecule has 0 aromatic heterocycles. The zero-order chi connectivity index (χ0) is 14.3. The van der Waals surface area contributed by atoms with Crippen molar-refractivity contribution in [3.8, 4) is 0 Å². The van der Waals surface area contributed by atoms with Gasteiger partial charge in [-0.3, -0.25) is 4.79 Å². The number of carboxylic acid groups (broad SMARTS) is 1. The Bertz CT molecular complexity index is 308. The quantitative estimate of drug-likeness (QED) is 0.592. The Kier molecular flexibility index (Phi) is 6.12. The van der Waals surface area contributed by atoms with E-state index in [1.165, 1.54) is 19.3 Å². The molecule has 0 heterocycles. The van der Waals surface area contributed by atoms with Crippen molar-refractivity contribution >= 4 is 12.0 Å². The molecule has 0 saturated heterocycles. The van der Waals surface area contributed by atoms with E-state index >= 15 is 0 Å². The molecule has 1 saturated carbocycles. The largest absolute Gasteiger partial charge is 0.481 e. The molecule has 1 unspecified atom stereocenters. The van der Waals surface area contributed by atoms with Crippen LogP contribution in [0.3, 0.4) is 0 Å². The Morgan fingerprint density at radius 3 is 2.47 bits per heavy atom. The second kappa shape index (κ2) is 7.36. The molecule has 19 heavy (non-hydrogen) atoms. The second-order valence-electron chi connectivity index (χ2n) is 5.70. The van der Waals surface area contributed by atoms with Crippen molar-refractivity contribution < 1.29 is 14.7 Å². The SMILES string of the molecule is CCC1(CNC(=O)NCCCC(C)C(=O)O)CCC1. The van der Waals surface area contributed by atoms with E-state index in [2.05, 4.69) is 17.6 Å². The van der Waals surface area contributed by atoms with Crippen molar-refractivity contribution in [1.82, 2.24) is 10.6 Å². The average Bonchev–Trinajstić information content (AvgIpc) is 2.33. The lowest BCUT2D eigenvalue weighted by Crippen LogP contribution is -2.45. The van der Waals surface area contributed by atoms with Crippen molar-refractivity contribution in [3.05, 3.63) is 0 Å². The van der Waals surface area contributed by atoms with E-state index < -0.39 is 5.97 Å². The molecule has 1 fully saturated rings. The molecular formula is C14H26N2O3. The van der Waals surface area contributed by atoms with Crippen LogP contribution in [-0.4, -0.2) is 30.2 Å². The highest BCUT2D eigenvalue weighted by molar-refractivity contribution is 5.73. The molecule has 1 aliphatic rings. The number of nitrogens with one attached hydrogen (secondary N) is 2. The molecule has 0 bridgehead atoms. The van der Waals surface area contributed by atoms with Gasteiger partial charge >= 0.3 is 12.0 Å². The summed E-state index contributed by atoms with van der Waals surface area (Å²) in [6.45, 7) is 5.14. The van der Waals surface area contributed by atoms with Gasteiger partial charge in [-0.15, -0.1) is 0 Å². The summed E-state index contributed by atoms with van der Waals surface area (Å²) in [7, 11) is 0. The first kappa shape index (κ1) is 15.8. The van der Waals surface area contributed by atoms with Gasteiger partial charge in [-0.1, -0.05) is 20.3 Å². The van der Waals surface area contributed by atoms with Gasteiger partial charge < -0.3 is 15.7 Å². The van der Waals surface area contributed by atoms with Gasteiger partial charge in [0.25, 0.3) is 0 Å². The zero-order valence-electron chi connectivity index (χ0n) is 12.0. The van der Waals surface area contributed by atoms with E-state index in [1.54, 1.807) is 6.92 Å². The number of urea groups is 1. The molecule has 5 heteroatoms. The normalized spacial score (nSPS) is 18.2. The van der Waals surface area contributed by atoms with Crippen LogP contribution in [0, 0.1) is 11.3 Å². The van der Waals surface area contributed by atoms with Crippen LogP contribution in [0.5, 0.6) is 0 Å². The number of hydrogen-bond donors (Lipinski definition) is 3. The van der Waals surface area contributed by atoms with E-state index in [4.69, 9.17) is 5.11 Å². The maximum Gasteiger partial charge on any atom is 0.314 e. The molecule has 1 rings (SSSR count). The van der Waals surface area contributed by atoms with E-state index in [0.29, 0.717) is 24.8 Å². The summed E-state index contributed by atoms with van der Waals surface area (Å²) in [6, 6.07) is -0.136. The van der Waals surface area contributed by atoms with Gasteiger partial charge in [0.2, 0.25) is 0 Å².